The number of amides is 2. The van der Waals surface area contributed by atoms with Crippen molar-refractivity contribution in [3.8, 4) is 5.69 Å². The van der Waals surface area contributed by atoms with Crippen LogP contribution in [0.3, 0.4) is 0 Å². The molecule has 0 bridgehead atoms. The van der Waals surface area contributed by atoms with E-state index in [4.69, 9.17) is 11.6 Å². The van der Waals surface area contributed by atoms with Gasteiger partial charge in [-0.05, 0) is 48.5 Å². The second-order valence-electron chi connectivity index (χ2n) is 7.36. The van der Waals surface area contributed by atoms with Crippen molar-refractivity contribution in [3.63, 3.8) is 0 Å². The molecule has 0 saturated heterocycles. The summed E-state index contributed by atoms with van der Waals surface area (Å²) in [5.74, 6) is -0.513. The maximum absolute atomic E-state index is 13.3. The van der Waals surface area contributed by atoms with Gasteiger partial charge in [0.05, 0.1) is 33.7 Å². The molecule has 2 heterocycles. The van der Waals surface area contributed by atoms with Crippen LogP contribution in [-0.4, -0.2) is 33.7 Å². The first-order valence-corrected chi connectivity index (χ1v) is 11.5. The zero-order valence-electron chi connectivity index (χ0n) is 17.2. The first-order valence-electron chi connectivity index (χ1n) is 10.1. The summed E-state index contributed by atoms with van der Waals surface area (Å²) < 4.78 is 1.48. The summed E-state index contributed by atoms with van der Waals surface area (Å²) in [5.41, 5.74) is 2.14. The molecule has 1 aliphatic rings. The summed E-state index contributed by atoms with van der Waals surface area (Å²) in [4.78, 5) is 44.6. The Morgan fingerprint density at radius 2 is 1.73 bits per heavy atom. The van der Waals surface area contributed by atoms with Gasteiger partial charge in [0.25, 0.3) is 5.56 Å². The lowest BCUT2D eigenvalue weighted by molar-refractivity contribution is -0.120. The number of hydrogen-bond acceptors (Lipinski definition) is 5. The van der Waals surface area contributed by atoms with E-state index in [9.17, 15) is 14.4 Å². The molecule has 1 aromatic heterocycles. The van der Waals surface area contributed by atoms with Gasteiger partial charge >= 0.3 is 0 Å². The highest BCUT2D eigenvalue weighted by molar-refractivity contribution is 7.99. The van der Waals surface area contributed by atoms with E-state index in [-0.39, 0.29) is 29.7 Å². The fraction of sp³-hybridized carbons (Fsp3) is 0.0833. The van der Waals surface area contributed by atoms with Crippen LogP contribution in [0, 0.1) is 0 Å². The molecule has 2 amide bonds. The normalized spacial score (nSPS) is 13.0. The lowest BCUT2D eigenvalue weighted by Crippen LogP contribution is -2.43. The number of fused-ring (bicyclic) bond motifs is 2. The van der Waals surface area contributed by atoms with E-state index in [1.54, 1.807) is 60.7 Å². The van der Waals surface area contributed by atoms with Gasteiger partial charge < -0.3 is 10.2 Å². The summed E-state index contributed by atoms with van der Waals surface area (Å²) in [5, 5.41) is 4.18. The van der Waals surface area contributed by atoms with Crippen LogP contribution >= 0.6 is 23.4 Å². The lowest BCUT2D eigenvalue weighted by atomic mass is 10.2. The first kappa shape index (κ1) is 21.2. The zero-order chi connectivity index (χ0) is 22.9. The number of carbonyl (C=O) groups excluding carboxylic acids is 2. The van der Waals surface area contributed by atoms with Crippen LogP contribution in [0.15, 0.2) is 82.7 Å². The molecule has 0 aliphatic carbocycles. The van der Waals surface area contributed by atoms with Crippen molar-refractivity contribution in [2.45, 2.75) is 5.16 Å². The summed E-state index contributed by atoms with van der Waals surface area (Å²) in [6.07, 6.45) is 0. The molecule has 0 spiro atoms. The van der Waals surface area contributed by atoms with Crippen LogP contribution < -0.4 is 15.8 Å². The Morgan fingerprint density at radius 3 is 2.55 bits per heavy atom. The van der Waals surface area contributed by atoms with E-state index < -0.39 is 0 Å². The van der Waals surface area contributed by atoms with Crippen molar-refractivity contribution in [1.82, 2.24) is 9.55 Å². The second-order valence-corrected chi connectivity index (χ2v) is 8.74. The molecule has 4 aromatic rings. The van der Waals surface area contributed by atoms with Crippen molar-refractivity contribution in [3.05, 3.63) is 88.2 Å². The Kier molecular flexibility index (Phi) is 5.62. The topological polar surface area (TPSA) is 84.3 Å². The van der Waals surface area contributed by atoms with Crippen LogP contribution in [0.1, 0.15) is 0 Å². The standard InChI is InChI=1S/C24H17ClN4O3S/c25-15-9-11-16(12-10-15)29-23(32)17-5-1-2-6-18(17)27-24(29)33-14-22(31)28-13-21(30)26-19-7-3-4-8-20(19)28/h1-12H,13-14H2,(H,26,30). The molecular formula is C24H17ClN4O3S. The van der Waals surface area contributed by atoms with Crippen LogP contribution in [0.5, 0.6) is 0 Å². The quantitative estimate of drug-likeness (QED) is 0.354. The summed E-state index contributed by atoms with van der Waals surface area (Å²) >= 11 is 7.17. The first-order chi connectivity index (χ1) is 16.0. The predicted molar refractivity (Wildman–Crippen MR) is 130 cm³/mol. The van der Waals surface area contributed by atoms with Gasteiger partial charge in [-0.3, -0.25) is 19.0 Å². The molecule has 9 heteroatoms. The maximum atomic E-state index is 13.3. The van der Waals surface area contributed by atoms with E-state index in [1.807, 2.05) is 12.1 Å². The molecule has 0 fully saturated rings. The number of aromatic nitrogens is 2. The van der Waals surface area contributed by atoms with Gasteiger partial charge in [0.2, 0.25) is 11.8 Å². The Bertz CT molecular complexity index is 1450. The number of hydrogen-bond donors (Lipinski definition) is 1. The molecule has 3 aromatic carbocycles. The molecule has 1 N–H and O–H groups in total. The van der Waals surface area contributed by atoms with E-state index >= 15 is 0 Å². The van der Waals surface area contributed by atoms with Gasteiger partial charge in [-0.1, -0.05) is 47.6 Å². The number of carbonyl (C=O) groups is 2. The minimum atomic E-state index is -0.257. The number of anilines is 2. The Balaban J connectivity index is 1.51. The third-order valence-corrected chi connectivity index (χ3v) is 6.40. The Morgan fingerprint density at radius 1 is 1.00 bits per heavy atom. The molecule has 1 aliphatic heterocycles. The summed E-state index contributed by atoms with van der Waals surface area (Å²) in [7, 11) is 0. The van der Waals surface area contributed by atoms with E-state index in [1.165, 1.54) is 9.47 Å². The zero-order valence-corrected chi connectivity index (χ0v) is 18.8. The van der Waals surface area contributed by atoms with Gasteiger partial charge in [0.1, 0.15) is 6.54 Å². The number of rotatable bonds is 4. The van der Waals surface area contributed by atoms with Crippen molar-refractivity contribution < 1.29 is 9.59 Å². The third kappa shape index (κ3) is 4.10. The molecule has 0 atom stereocenters. The highest BCUT2D eigenvalue weighted by atomic mass is 35.5. The second kappa shape index (κ2) is 8.73. The number of thioether (sulfide) groups is 1. The van der Waals surface area contributed by atoms with Crippen LogP contribution in [0.4, 0.5) is 11.4 Å². The lowest BCUT2D eigenvalue weighted by Gasteiger charge is -2.29. The molecule has 0 saturated carbocycles. The number of benzene rings is 3. The molecule has 0 unspecified atom stereocenters. The molecule has 164 valence electrons. The fourth-order valence-electron chi connectivity index (χ4n) is 3.69. The largest absolute Gasteiger partial charge is 0.323 e. The van der Waals surface area contributed by atoms with Crippen LogP contribution in [0.25, 0.3) is 16.6 Å². The number of nitrogens with zero attached hydrogens (tertiary/aromatic N) is 3. The van der Waals surface area contributed by atoms with Gasteiger partial charge in [-0.2, -0.15) is 0 Å². The van der Waals surface area contributed by atoms with Crippen LogP contribution in [0.2, 0.25) is 5.02 Å². The molecule has 0 radical (unpaired) electrons. The summed E-state index contributed by atoms with van der Waals surface area (Å²) in [6, 6.07) is 21.1. The highest BCUT2D eigenvalue weighted by Crippen LogP contribution is 2.30. The average Bonchev–Trinajstić information content (AvgIpc) is 2.83. The SMILES string of the molecule is O=C1CN(C(=O)CSc2nc3ccccc3c(=O)n2-c2ccc(Cl)cc2)c2ccccc2N1. The van der Waals surface area contributed by atoms with Crippen molar-refractivity contribution in [2.75, 3.05) is 22.5 Å². The monoisotopic (exact) mass is 476 g/mol. The molecule has 5 rings (SSSR count). The molecule has 33 heavy (non-hydrogen) atoms. The number of halogens is 1. The fourth-order valence-corrected chi connectivity index (χ4v) is 4.70. The van der Waals surface area contributed by atoms with Gasteiger partial charge in [-0.15, -0.1) is 0 Å². The van der Waals surface area contributed by atoms with E-state index in [0.29, 0.717) is 38.1 Å². The Labute approximate surface area is 198 Å². The molecule has 7 nitrogen and oxygen atoms in total. The van der Waals surface area contributed by atoms with Crippen molar-refractivity contribution >= 4 is 57.5 Å². The minimum absolute atomic E-state index is 0.0000156. The maximum Gasteiger partial charge on any atom is 0.266 e. The van der Waals surface area contributed by atoms with E-state index in [2.05, 4.69) is 10.3 Å². The van der Waals surface area contributed by atoms with E-state index in [0.717, 1.165) is 11.8 Å². The predicted octanol–water partition coefficient (Wildman–Crippen LogP) is 4.12. The van der Waals surface area contributed by atoms with Gasteiger partial charge in [0.15, 0.2) is 5.16 Å². The van der Waals surface area contributed by atoms with Crippen molar-refractivity contribution in [1.29, 1.82) is 0 Å². The number of nitrogens with one attached hydrogen (secondary N) is 1. The minimum Gasteiger partial charge on any atom is -0.323 e. The number of para-hydroxylation sites is 3. The summed E-state index contributed by atoms with van der Waals surface area (Å²) in [6.45, 7) is -0.0639. The van der Waals surface area contributed by atoms with Gasteiger partial charge in [-0.25, -0.2) is 4.98 Å². The van der Waals surface area contributed by atoms with Gasteiger partial charge in [0, 0.05) is 5.02 Å². The smallest absolute Gasteiger partial charge is 0.266 e. The highest BCUT2D eigenvalue weighted by Gasteiger charge is 2.27. The molecular weight excluding hydrogens is 460 g/mol. The van der Waals surface area contributed by atoms with Crippen molar-refractivity contribution in [2.24, 2.45) is 0 Å². The Hall–Kier alpha value is -3.62. The average molecular weight is 477 g/mol. The third-order valence-electron chi connectivity index (χ3n) is 5.23. The van der Waals surface area contributed by atoms with Crippen LogP contribution in [-0.2, 0) is 9.59 Å².